The van der Waals surface area contributed by atoms with E-state index in [0.29, 0.717) is 11.8 Å². The molecule has 2 rings (SSSR count). The highest BCUT2D eigenvalue weighted by Gasteiger charge is 2.10. The Morgan fingerprint density at radius 1 is 1.16 bits per heavy atom. The molecule has 0 bridgehead atoms. The number of hydrogen-bond donors (Lipinski definition) is 1. The van der Waals surface area contributed by atoms with Crippen LogP contribution in [0.3, 0.4) is 0 Å². The van der Waals surface area contributed by atoms with Gasteiger partial charge in [0, 0.05) is 22.6 Å². The summed E-state index contributed by atoms with van der Waals surface area (Å²) in [4.78, 5) is 0. The van der Waals surface area contributed by atoms with Crippen LogP contribution in [0.25, 0.3) is 0 Å². The van der Waals surface area contributed by atoms with Gasteiger partial charge < -0.3 is 5.73 Å². The first-order chi connectivity index (χ1) is 9.19. The van der Waals surface area contributed by atoms with Gasteiger partial charge in [0.2, 0.25) is 0 Å². The van der Waals surface area contributed by atoms with Crippen LogP contribution in [-0.4, -0.2) is 6.54 Å². The molecule has 0 spiro atoms. The summed E-state index contributed by atoms with van der Waals surface area (Å²) in [5.41, 5.74) is 9.77. The zero-order valence-electron chi connectivity index (χ0n) is 11.0. The van der Waals surface area contributed by atoms with Gasteiger partial charge in [-0.2, -0.15) is 0 Å². The zero-order valence-corrected chi connectivity index (χ0v) is 12.5. The van der Waals surface area contributed by atoms with Crippen LogP contribution in [0.4, 0.5) is 0 Å². The van der Waals surface area contributed by atoms with E-state index in [1.807, 2.05) is 23.9 Å². The Morgan fingerprint density at radius 3 is 2.53 bits per heavy atom. The van der Waals surface area contributed by atoms with Crippen LogP contribution >= 0.6 is 23.4 Å². The highest BCUT2D eigenvalue weighted by molar-refractivity contribution is 7.98. The molecule has 1 atom stereocenters. The van der Waals surface area contributed by atoms with Crippen LogP contribution in [0.15, 0.2) is 48.5 Å². The van der Waals surface area contributed by atoms with Crippen molar-refractivity contribution in [2.45, 2.75) is 17.9 Å². The minimum Gasteiger partial charge on any atom is -0.329 e. The number of hydrogen-bond acceptors (Lipinski definition) is 2. The zero-order chi connectivity index (χ0) is 13.7. The lowest BCUT2D eigenvalue weighted by molar-refractivity contribution is 0.938. The van der Waals surface area contributed by atoms with Gasteiger partial charge in [0.25, 0.3) is 0 Å². The van der Waals surface area contributed by atoms with Crippen LogP contribution < -0.4 is 5.73 Å². The average molecular weight is 292 g/mol. The first kappa shape index (κ1) is 14.4. The van der Waals surface area contributed by atoms with E-state index in [1.54, 1.807) is 0 Å². The Bertz CT molecular complexity index is 525. The molecule has 0 fully saturated rings. The Kier molecular flexibility index (Phi) is 5.32. The van der Waals surface area contributed by atoms with Crippen molar-refractivity contribution in [3.05, 3.63) is 70.2 Å². The summed E-state index contributed by atoms with van der Waals surface area (Å²) in [6.45, 7) is 2.77. The lowest BCUT2D eigenvalue weighted by atomic mass is 10.1. The summed E-state index contributed by atoms with van der Waals surface area (Å²) in [6, 6.07) is 16.6. The van der Waals surface area contributed by atoms with Gasteiger partial charge in [-0.3, -0.25) is 0 Å². The van der Waals surface area contributed by atoms with Crippen molar-refractivity contribution in [2.75, 3.05) is 6.54 Å². The second-order valence-electron chi connectivity index (χ2n) is 4.58. The molecule has 100 valence electrons. The fourth-order valence-corrected chi connectivity index (χ4v) is 3.14. The summed E-state index contributed by atoms with van der Waals surface area (Å²) in [5.74, 6) is 0.951. The largest absolute Gasteiger partial charge is 0.329 e. The van der Waals surface area contributed by atoms with Gasteiger partial charge in [0.15, 0.2) is 0 Å². The molecule has 2 aromatic rings. The highest BCUT2D eigenvalue weighted by Crippen LogP contribution is 2.31. The maximum atomic E-state index is 5.90. The van der Waals surface area contributed by atoms with Crippen molar-refractivity contribution >= 4 is 23.4 Å². The number of benzene rings is 2. The van der Waals surface area contributed by atoms with Crippen LogP contribution in [0.2, 0.25) is 5.02 Å². The second-order valence-corrected chi connectivity index (χ2v) is 6.20. The summed E-state index contributed by atoms with van der Waals surface area (Å²) in [7, 11) is 0. The molecule has 0 aliphatic heterocycles. The molecule has 19 heavy (non-hydrogen) atoms. The van der Waals surface area contributed by atoms with Gasteiger partial charge in [-0.25, -0.2) is 0 Å². The molecule has 0 aliphatic rings. The predicted molar refractivity (Wildman–Crippen MR) is 85.7 cm³/mol. The minimum absolute atomic E-state index is 0.343. The van der Waals surface area contributed by atoms with Gasteiger partial charge in [-0.1, -0.05) is 53.6 Å². The summed E-state index contributed by atoms with van der Waals surface area (Å²) in [5, 5.41) is 1.12. The first-order valence-corrected chi connectivity index (χ1v) is 7.74. The lowest BCUT2D eigenvalue weighted by Gasteiger charge is -2.15. The fourth-order valence-electron chi connectivity index (χ4n) is 1.95. The molecular formula is C16H18ClNS. The highest BCUT2D eigenvalue weighted by atomic mass is 35.5. The van der Waals surface area contributed by atoms with E-state index in [1.165, 1.54) is 16.7 Å². The third-order valence-corrected chi connectivity index (χ3v) is 4.61. The van der Waals surface area contributed by atoms with E-state index >= 15 is 0 Å². The maximum Gasteiger partial charge on any atom is 0.0423 e. The van der Waals surface area contributed by atoms with E-state index in [2.05, 4.69) is 43.3 Å². The molecule has 0 aliphatic carbocycles. The van der Waals surface area contributed by atoms with Crippen molar-refractivity contribution in [3.63, 3.8) is 0 Å². The first-order valence-electron chi connectivity index (χ1n) is 6.31. The monoisotopic (exact) mass is 291 g/mol. The number of thioether (sulfide) groups is 1. The smallest absolute Gasteiger partial charge is 0.0423 e. The average Bonchev–Trinajstić information content (AvgIpc) is 2.42. The number of aryl methyl sites for hydroxylation is 1. The normalized spacial score (nSPS) is 12.4. The van der Waals surface area contributed by atoms with Gasteiger partial charge in [-0.05, 0) is 30.2 Å². The maximum absolute atomic E-state index is 5.90. The molecule has 0 saturated heterocycles. The Morgan fingerprint density at radius 2 is 1.89 bits per heavy atom. The van der Waals surface area contributed by atoms with Crippen molar-refractivity contribution in [2.24, 2.45) is 5.73 Å². The van der Waals surface area contributed by atoms with E-state index in [4.69, 9.17) is 17.3 Å². The molecule has 3 heteroatoms. The van der Waals surface area contributed by atoms with Crippen LogP contribution in [-0.2, 0) is 5.75 Å². The fraction of sp³-hybridized carbons (Fsp3) is 0.250. The topological polar surface area (TPSA) is 26.0 Å². The Labute approximate surface area is 124 Å². The van der Waals surface area contributed by atoms with Crippen molar-refractivity contribution < 1.29 is 0 Å². The third kappa shape index (κ3) is 4.27. The van der Waals surface area contributed by atoms with Gasteiger partial charge in [0.1, 0.15) is 0 Å². The molecule has 0 radical (unpaired) electrons. The SMILES string of the molecule is Cc1cccc(C(CN)SCc2ccc(Cl)cc2)c1. The quantitative estimate of drug-likeness (QED) is 0.872. The standard InChI is InChI=1S/C16H18ClNS/c1-12-3-2-4-14(9-12)16(10-18)19-11-13-5-7-15(17)8-6-13/h2-9,16H,10-11,18H2,1H3. The van der Waals surface area contributed by atoms with E-state index in [0.717, 1.165) is 10.8 Å². The van der Waals surface area contributed by atoms with Crippen molar-refractivity contribution in [1.29, 1.82) is 0 Å². The number of halogens is 1. The molecule has 0 saturated carbocycles. The van der Waals surface area contributed by atoms with Gasteiger partial charge >= 0.3 is 0 Å². The van der Waals surface area contributed by atoms with E-state index in [9.17, 15) is 0 Å². The predicted octanol–water partition coefficient (Wildman–Crippen LogP) is 4.58. The number of rotatable bonds is 5. The van der Waals surface area contributed by atoms with Crippen molar-refractivity contribution in [1.82, 2.24) is 0 Å². The minimum atomic E-state index is 0.343. The Balaban J connectivity index is 2.01. The second kappa shape index (κ2) is 6.99. The van der Waals surface area contributed by atoms with Crippen LogP contribution in [0.1, 0.15) is 21.9 Å². The summed E-state index contributed by atoms with van der Waals surface area (Å²) >= 11 is 7.76. The van der Waals surface area contributed by atoms with E-state index in [-0.39, 0.29) is 0 Å². The van der Waals surface area contributed by atoms with Crippen LogP contribution in [0.5, 0.6) is 0 Å². The molecule has 2 aromatic carbocycles. The molecule has 0 amide bonds. The van der Waals surface area contributed by atoms with Gasteiger partial charge in [0.05, 0.1) is 0 Å². The third-order valence-electron chi connectivity index (χ3n) is 2.99. The summed E-state index contributed by atoms with van der Waals surface area (Å²) < 4.78 is 0. The molecule has 0 aromatic heterocycles. The molecule has 1 nitrogen and oxygen atoms in total. The lowest BCUT2D eigenvalue weighted by Crippen LogP contribution is -2.09. The number of nitrogens with two attached hydrogens (primary N) is 1. The summed E-state index contributed by atoms with van der Waals surface area (Å²) in [6.07, 6.45) is 0. The van der Waals surface area contributed by atoms with Crippen molar-refractivity contribution in [3.8, 4) is 0 Å². The molecule has 1 unspecified atom stereocenters. The van der Waals surface area contributed by atoms with E-state index < -0.39 is 0 Å². The molecule has 0 heterocycles. The van der Waals surface area contributed by atoms with Crippen LogP contribution in [0, 0.1) is 6.92 Å². The molecule has 2 N–H and O–H groups in total. The molecular weight excluding hydrogens is 274 g/mol. The van der Waals surface area contributed by atoms with Gasteiger partial charge in [-0.15, -0.1) is 11.8 Å². The Hall–Kier alpha value is -0.960.